The normalized spacial score (nSPS) is 14.8. The summed E-state index contributed by atoms with van der Waals surface area (Å²) in [5.41, 5.74) is 3.60. The van der Waals surface area contributed by atoms with E-state index in [1.165, 1.54) is 11.1 Å². The molecule has 1 heterocycles. The van der Waals surface area contributed by atoms with Crippen molar-refractivity contribution in [2.45, 2.75) is 32.6 Å². The average molecular weight is 191 g/mol. The standard InChI is InChI=1S/C12H15NO.H2/c1-2-3-9-4-5-10-6-7-12(14)13-11(10)8-9;/h4-5,8H,2-3,6-7H2,1H3,(H,13,14);1H. The van der Waals surface area contributed by atoms with Gasteiger partial charge in [-0.3, -0.25) is 4.79 Å². The van der Waals surface area contributed by atoms with E-state index in [0.29, 0.717) is 6.42 Å². The van der Waals surface area contributed by atoms with Gasteiger partial charge in [-0.1, -0.05) is 25.5 Å². The maximum absolute atomic E-state index is 11.2. The number of fused-ring (bicyclic) bond motifs is 1. The Hall–Kier alpha value is -1.31. The van der Waals surface area contributed by atoms with Crippen molar-refractivity contribution in [2.75, 3.05) is 5.32 Å². The highest BCUT2D eigenvalue weighted by molar-refractivity contribution is 5.93. The van der Waals surface area contributed by atoms with Crippen LogP contribution in [0, 0.1) is 0 Å². The van der Waals surface area contributed by atoms with Gasteiger partial charge in [0.05, 0.1) is 0 Å². The van der Waals surface area contributed by atoms with Crippen molar-refractivity contribution in [1.82, 2.24) is 0 Å². The lowest BCUT2D eigenvalue weighted by Gasteiger charge is -2.17. The number of hydrogen-bond acceptors (Lipinski definition) is 1. The smallest absolute Gasteiger partial charge is 0.224 e. The summed E-state index contributed by atoms with van der Waals surface area (Å²) < 4.78 is 0. The molecule has 2 rings (SSSR count). The quantitative estimate of drug-likeness (QED) is 0.765. The fourth-order valence-corrected chi connectivity index (χ4v) is 1.86. The zero-order valence-corrected chi connectivity index (χ0v) is 8.47. The van der Waals surface area contributed by atoms with E-state index in [4.69, 9.17) is 0 Å². The minimum absolute atomic E-state index is 0. The molecule has 1 N–H and O–H groups in total. The Kier molecular flexibility index (Phi) is 2.53. The first-order valence-electron chi connectivity index (χ1n) is 5.21. The van der Waals surface area contributed by atoms with Crippen LogP contribution in [0.5, 0.6) is 0 Å². The molecule has 0 unspecified atom stereocenters. The Bertz CT molecular complexity index is 363. The highest BCUT2D eigenvalue weighted by atomic mass is 16.1. The molecule has 1 aromatic carbocycles. The van der Waals surface area contributed by atoms with Crippen molar-refractivity contribution in [3.8, 4) is 0 Å². The van der Waals surface area contributed by atoms with Crippen LogP contribution in [0.25, 0.3) is 0 Å². The van der Waals surface area contributed by atoms with Gasteiger partial charge in [-0.05, 0) is 30.0 Å². The van der Waals surface area contributed by atoms with E-state index in [1.54, 1.807) is 0 Å². The third kappa shape index (κ3) is 1.79. The first kappa shape index (κ1) is 9.25. The van der Waals surface area contributed by atoms with Crippen LogP contribution in [0.2, 0.25) is 0 Å². The fraction of sp³-hybridized carbons (Fsp3) is 0.417. The van der Waals surface area contributed by atoms with Crippen molar-refractivity contribution in [2.24, 2.45) is 0 Å². The van der Waals surface area contributed by atoms with Gasteiger partial charge in [0, 0.05) is 13.5 Å². The molecule has 0 aromatic heterocycles. The van der Waals surface area contributed by atoms with Gasteiger partial charge in [-0.2, -0.15) is 0 Å². The minimum atomic E-state index is 0. The van der Waals surface area contributed by atoms with E-state index in [1.807, 2.05) is 0 Å². The first-order valence-corrected chi connectivity index (χ1v) is 5.21. The lowest BCUT2D eigenvalue weighted by molar-refractivity contribution is -0.116. The molecule has 0 spiro atoms. The third-order valence-corrected chi connectivity index (χ3v) is 2.61. The van der Waals surface area contributed by atoms with Crippen LogP contribution in [0.4, 0.5) is 5.69 Å². The van der Waals surface area contributed by atoms with Gasteiger partial charge in [0.15, 0.2) is 0 Å². The van der Waals surface area contributed by atoms with Crippen molar-refractivity contribution in [3.05, 3.63) is 29.3 Å². The monoisotopic (exact) mass is 191 g/mol. The van der Waals surface area contributed by atoms with Crippen LogP contribution in [0.15, 0.2) is 18.2 Å². The molecule has 0 atom stereocenters. The third-order valence-electron chi connectivity index (χ3n) is 2.61. The summed E-state index contributed by atoms with van der Waals surface area (Å²) in [6, 6.07) is 6.41. The number of aryl methyl sites for hydroxylation is 2. The zero-order valence-electron chi connectivity index (χ0n) is 8.47. The molecule has 76 valence electrons. The number of carbonyl (C=O) groups excluding carboxylic acids is 1. The van der Waals surface area contributed by atoms with Gasteiger partial charge in [0.2, 0.25) is 5.91 Å². The van der Waals surface area contributed by atoms with Gasteiger partial charge in [0.1, 0.15) is 0 Å². The van der Waals surface area contributed by atoms with E-state index in [2.05, 4.69) is 30.4 Å². The summed E-state index contributed by atoms with van der Waals surface area (Å²) in [6.45, 7) is 2.16. The molecule has 1 amide bonds. The molecule has 0 radical (unpaired) electrons. The number of benzene rings is 1. The summed E-state index contributed by atoms with van der Waals surface area (Å²) in [5, 5.41) is 2.92. The van der Waals surface area contributed by atoms with Crippen LogP contribution in [-0.2, 0) is 17.6 Å². The second-order valence-corrected chi connectivity index (χ2v) is 3.79. The molecule has 1 aliphatic rings. The molecule has 0 saturated heterocycles. The number of rotatable bonds is 2. The van der Waals surface area contributed by atoms with Crippen LogP contribution in [0.3, 0.4) is 0 Å². The molecule has 0 bridgehead atoms. The Morgan fingerprint density at radius 2 is 2.29 bits per heavy atom. The number of hydrogen-bond donors (Lipinski definition) is 1. The summed E-state index contributed by atoms with van der Waals surface area (Å²) in [7, 11) is 0. The van der Waals surface area contributed by atoms with Crippen LogP contribution >= 0.6 is 0 Å². The predicted molar refractivity (Wildman–Crippen MR) is 59.5 cm³/mol. The Morgan fingerprint density at radius 3 is 3.07 bits per heavy atom. The predicted octanol–water partition coefficient (Wildman–Crippen LogP) is 2.77. The van der Waals surface area contributed by atoms with E-state index in [-0.39, 0.29) is 7.33 Å². The lowest BCUT2D eigenvalue weighted by atomic mass is 9.99. The van der Waals surface area contributed by atoms with Crippen molar-refractivity contribution < 1.29 is 6.22 Å². The molecule has 1 aromatic rings. The van der Waals surface area contributed by atoms with Crippen LogP contribution < -0.4 is 5.32 Å². The largest absolute Gasteiger partial charge is 0.326 e. The SMILES string of the molecule is CCCc1ccc2c(c1)NC(=O)CC2.[HH]. The van der Waals surface area contributed by atoms with E-state index < -0.39 is 0 Å². The van der Waals surface area contributed by atoms with E-state index in [9.17, 15) is 4.79 Å². The van der Waals surface area contributed by atoms with E-state index >= 15 is 0 Å². The molecule has 0 aliphatic carbocycles. The number of carbonyl (C=O) groups is 1. The van der Waals surface area contributed by atoms with Crippen LogP contribution in [0.1, 0.15) is 32.3 Å². The summed E-state index contributed by atoms with van der Waals surface area (Å²) in [4.78, 5) is 11.2. The van der Waals surface area contributed by atoms with Gasteiger partial charge in [0.25, 0.3) is 0 Å². The summed E-state index contributed by atoms with van der Waals surface area (Å²) >= 11 is 0. The van der Waals surface area contributed by atoms with Crippen molar-refractivity contribution >= 4 is 11.6 Å². The molecule has 0 fully saturated rings. The summed E-state index contributed by atoms with van der Waals surface area (Å²) in [6.07, 6.45) is 3.74. The van der Waals surface area contributed by atoms with Gasteiger partial charge in [-0.15, -0.1) is 0 Å². The summed E-state index contributed by atoms with van der Waals surface area (Å²) in [5.74, 6) is 0.145. The Labute approximate surface area is 85.8 Å². The highest BCUT2D eigenvalue weighted by Crippen LogP contribution is 2.24. The molecular formula is C12H17NO. The maximum atomic E-state index is 11.2. The second kappa shape index (κ2) is 3.82. The highest BCUT2D eigenvalue weighted by Gasteiger charge is 2.14. The number of anilines is 1. The van der Waals surface area contributed by atoms with Crippen LogP contribution in [-0.4, -0.2) is 5.91 Å². The van der Waals surface area contributed by atoms with E-state index in [0.717, 1.165) is 24.9 Å². The van der Waals surface area contributed by atoms with Gasteiger partial charge in [-0.25, -0.2) is 0 Å². The zero-order chi connectivity index (χ0) is 9.97. The van der Waals surface area contributed by atoms with Crippen molar-refractivity contribution in [3.63, 3.8) is 0 Å². The fourth-order valence-electron chi connectivity index (χ4n) is 1.86. The van der Waals surface area contributed by atoms with Crippen molar-refractivity contribution in [1.29, 1.82) is 0 Å². The average Bonchev–Trinajstić information content (AvgIpc) is 2.17. The second-order valence-electron chi connectivity index (χ2n) is 3.79. The molecule has 14 heavy (non-hydrogen) atoms. The van der Waals surface area contributed by atoms with Gasteiger partial charge >= 0.3 is 0 Å². The molecule has 0 saturated carbocycles. The maximum Gasteiger partial charge on any atom is 0.224 e. The Balaban J connectivity index is 0.00000112. The molecule has 2 heteroatoms. The minimum Gasteiger partial charge on any atom is -0.326 e. The van der Waals surface area contributed by atoms with Gasteiger partial charge < -0.3 is 5.32 Å². The number of nitrogens with one attached hydrogen (secondary N) is 1. The lowest BCUT2D eigenvalue weighted by Crippen LogP contribution is -2.18. The number of amides is 1. The topological polar surface area (TPSA) is 29.1 Å². The molecule has 1 aliphatic heterocycles. The molecule has 2 nitrogen and oxygen atoms in total. The Morgan fingerprint density at radius 1 is 1.43 bits per heavy atom. The molecular weight excluding hydrogens is 174 g/mol. The first-order chi connectivity index (χ1) is 6.79.